The van der Waals surface area contributed by atoms with Gasteiger partial charge in [0.1, 0.15) is 12.5 Å². The molecule has 2 aromatic carbocycles. The number of fused-ring (bicyclic) bond motifs is 1. The number of anilines is 1. The van der Waals surface area contributed by atoms with Crippen LogP contribution in [0.1, 0.15) is 18.1 Å². The predicted molar refractivity (Wildman–Crippen MR) is 102 cm³/mol. The van der Waals surface area contributed by atoms with Crippen LogP contribution in [-0.2, 0) is 6.18 Å². The summed E-state index contributed by atoms with van der Waals surface area (Å²) in [5.74, 6) is -0.429. The first kappa shape index (κ1) is 18.2. The molecule has 28 heavy (non-hydrogen) atoms. The Bertz CT molecular complexity index is 1100. The van der Waals surface area contributed by atoms with Gasteiger partial charge in [-0.1, -0.05) is 6.07 Å². The average Bonchev–Trinajstić information content (AvgIpc) is 2.67. The second-order valence-corrected chi connectivity index (χ2v) is 6.49. The van der Waals surface area contributed by atoms with Crippen LogP contribution in [-0.4, -0.2) is 17.9 Å². The van der Waals surface area contributed by atoms with Crippen LogP contribution in [0, 0.1) is 5.82 Å². The van der Waals surface area contributed by atoms with Crippen molar-refractivity contribution in [3.8, 4) is 0 Å². The first-order chi connectivity index (χ1) is 13.3. The second kappa shape index (κ2) is 6.74. The Morgan fingerprint density at radius 3 is 2.50 bits per heavy atom. The number of halogens is 4. The van der Waals surface area contributed by atoms with Crippen molar-refractivity contribution in [3.05, 3.63) is 77.2 Å². The molecule has 0 atom stereocenters. The minimum absolute atomic E-state index is 0.178. The summed E-state index contributed by atoms with van der Waals surface area (Å²) in [7, 11) is 0. The Hall–Kier alpha value is -3.22. The molecule has 3 nitrogen and oxygen atoms in total. The van der Waals surface area contributed by atoms with Gasteiger partial charge in [-0.2, -0.15) is 13.2 Å². The maximum absolute atomic E-state index is 14.9. The van der Waals surface area contributed by atoms with Crippen molar-refractivity contribution in [2.45, 2.75) is 13.1 Å². The van der Waals surface area contributed by atoms with Crippen molar-refractivity contribution in [3.63, 3.8) is 0 Å². The summed E-state index contributed by atoms with van der Waals surface area (Å²) < 4.78 is 53.5. The summed E-state index contributed by atoms with van der Waals surface area (Å²) in [5.41, 5.74) is 1.99. The largest absolute Gasteiger partial charge is 0.416 e. The monoisotopic (exact) mass is 385 g/mol. The van der Waals surface area contributed by atoms with Crippen LogP contribution in [0.2, 0.25) is 0 Å². The highest BCUT2D eigenvalue weighted by Crippen LogP contribution is 2.35. The number of hydrogen-bond acceptors (Lipinski definition) is 3. The zero-order valence-corrected chi connectivity index (χ0v) is 14.8. The zero-order valence-electron chi connectivity index (χ0n) is 14.8. The molecule has 7 heteroatoms. The maximum atomic E-state index is 14.9. The Morgan fingerprint density at radius 2 is 1.79 bits per heavy atom. The zero-order chi connectivity index (χ0) is 19.9. The van der Waals surface area contributed by atoms with Gasteiger partial charge in [0.2, 0.25) is 0 Å². The molecule has 0 fully saturated rings. The van der Waals surface area contributed by atoms with Gasteiger partial charge in [0, 0.05) is 29.0 Å². The Labute approximate surface area is 158 Å². The van der Waals surface area contributed by atoms with Crippen molar-refractivity contribution < 1.29 is 17.6 Å². The molecule has 0 bridgehead atoms. The van der Waals surface area contributed by atoms with Gasteiger partial charge in [-0.3, -0.25) is 9.98 Å². The van der Waals surface area contributed by atoms with Crippen LogP contribution < -0.4 is 4.90 Å². The molecule has 0 saturated carbocycles. The molecule has 0 spiro atoms. The van der Waals surface area contributed by atoms with E-state index in [2.05, 4.69) is 9.98 Å². The summed E-state index contributed by atoms with van der Waals surface area (Å²) in [4.78, 5) is 10.2. The molecule has 0 saturated heterocycles. The molecule has 0 N–H and O–H groups in total. The van der Waals surface area contributed by atoms with Crippen LogP contribution in [0.4, 0.5) is 23.2 Å². The van der Waals surface area contributed by atoms with E-state index in [0.29, 0.717) is 33.4 Å². The molecular formula is C21H15F4N3. The lowest BCUT2D eigenvalue weighted by molar-refractivity contribution is -0.137. The highest BCUT2D eigenvalue weighted by atomic mass is 19.4. The minimum Gasteiger partial charge on any atom is -0.320 e. The third kappa shape index (κ3) is 3.24. The first-order valence-electron chi connectivity index (χ1n) is 8.55. The molecule has 1 aliphatic rings. The topological polar surface area (TPSA) is 28.5 Å². The second-order valence-electron chi connectivity index (χ2n) is 6.49. The summed E-state index contributed by atoms with van der Waals surface area (Å²) >= 11 is 0. The minimum atomic E-state index is -4.41. The van der Waals surface area contributed by atoms with Gasteiger partial charge in [-0.15, -0.1) is 0 Å². The van der Waals surface area contributed by atoms with Crippen LogP contribution in [0.25, 0.3) is 16.6 Å². The van der Waals surface area contributed by atoms with E-state index in [4.69, 9.17) is 0 Å². The lowest BCUT2D eigenvalue weighted by Gasteiger charge is -2.30. The number of aliphatic imine (C=N–C) groups is 1. The van der Waals surface area contributed by atoms with Crippen LogP contribution in [0.15, 0.2) is 65.3 Å². The van der Waals surface area contributed by atoms with E-state index in [1.807, 2.05) is 0 Å². The van der Waals surface area contributed by atoms with E-state index in [-0.39, 0.29) is 6.67 Å². The molecule has 0 unspecified atom stereocenters. The van der Waals surface area contributed by atoms with Gasteiger partial charge in [0.05, 0.1) is 16.8 Å². The molecule has 1 aliphatic heterocycles. The number of alkyl halides is 3. The van der Waals surface area contributed by atoms with E-state index < -0.39 is 17.6 Å². The normalized spacial score (nSPS) is 14.8. The summed E-state index contributed by atoms with van der Waals surface area (Å²) in [5, 5.41) is 0.674. The fourth-order valence-electron chi connectivity index (χ4n) is 3.28. The molecule has 3 aromatic rings. The molecule has 0 amide bonds. The number of nitrogens with zero attached hydrogens (tertiary/aromatic N) is 3. The third-order valence-corrected chi connectivity index (χ3v) is 4.60. The Kier molecular flexibility index (Phi) is 4.37. The number of benzene rings is 2. The third-order valence-electron chi connectivity index (χ3n) is 4.60. The maximum Gasteiger partial charge on any atom is 0.416 e. The van der Waals surface area contributed by atoms with Gasteiger partial charge >= 0.3 is 6.18 Å². The number of allylic oxidation sites excluding steroid dienone is 1. The summed E-state index contributed by atoms with van der Waals surface area (Å²) in [6.07, 6.45) is -1.15. The molecule has 4 rings (SSSR count). The van der Waals surface area contributed by atoms with Gasteiger partial charge < -0.3 is 4.90 Å². The highest BCUT2D eigenvalue weighted by molar-refractivity contribution is 5.98. The smallest absolute Gasteiger partial charge is 0.320 e. The van der Waals surface area contributed by atoms with Gasteiger partial charge in [0.25, 0.3) is 0 Å². The number of rotatable bonds is 2. The quantitative estimate of drug-likeness (QED) is 0.532. The van der Waals surface area contributed by atoms with Crippen LogP contribution in [0.3, 0.4) is 0 Å². The first-order valence-corrected chi connectivity index (χ1v) is 8.55. The van der Waals surface area contributed by atoms with Crippen molar-refractivity contribution in [2.75, 3.05) is 11.6 Å². The summed E-state index contributed by atoms with van der Waals surface area (Å²) in [6, 6.07) is 11.3. The standard InChI is InChI=1S/C21H15F4N3/c1-13-11-26-12-28(16-6-4-15(5-7-16)21(23,24)25)20(13)17-10-19-14(9-18(17)22)3-2-8-27-19/h2-11H,12H2,1H3. The average molecular weight is 385 g/mol. The van der Waals surface area contributed by atoms with Crippen molar-refractivity contribution in [1.82, 2.24) is 4.98 Å². The van der Waals surface area contributed by atoms with Crippen molar-refractivity contribution in [1.29, 1.82) is 0 Å². The van der Waals surface area contributed by atoms with Gasteiger partial charge in [-0.25, -0.2) is 4.39 Å². The van der Waals surface area contributed by atoms with E-state index in [0.717, 1.165) is 12.1 Å². The van der Waals surface area contributed by atoms with Gasteiger partial charge in [0.15, 0.2) is 0 Å². The molecular weight excluding hydrogens is 370 g/mol. The number of aromatic nitrogens is 1. The van der Waals surface area contributed by atoms with E-state index in [1.165, 1.54) is 18.2 Å². The van der Waals surface area contributed by atoms with Crippen LogP contribution in [0.5, 0.6) is 0 Å². The van der Waals surface area contributed by atoms with Gasteiger partial charge in [-0.05, 0) is 55.0 Å². The van der Waals surface area contributed by atoms with E-state index >= 15 is 0 Å². The van der Waals surface area contributed by atoms with E-state index in [9.17, 15) is 17.6 Å². The van der Waals surface area contributed by atoms with E-state index in [1.54, 1.807) is 42.4 Å². The van der Waals surface area contributed by atoms with Crippen molar-refractivity contribution >= 4 is 28.5 Å². The molecule has 0 radical (unpaired) electrons. The molecule has 0 aliphatic carbocycles. The fourth-order valence-corrected chi connectivity index (χ4v) is 3.28. The number of hydrogen-bond donors (Lipinski definition) is 0. The highest BCUT2D eigenvalue weighted by Gasteiger charge is 2.30. The SMILES string of the molecule is CC1=C(c2cc3ncccc3cc2F)N(c2ccc(C(F)(F)F)cc2)CN=C1. The Balaban J connectivity index is 1.82. The lowest BCUT2D eigenvalue weighted by atomic mass is 10.0. The Morgan fingerprint density at radius 1 is 1.04 bits per heavy atom. The lowest BCUT2D eigenvalue weighted by Crippen LogP contribution is -2.26. The number of pyridine rings is 1. The summed E-state index contributed by atoms with van der Waals surface area (Å²) in [6.45, 7) is 1.97. The molecule has 142 valence electrons. The molecule has 1 aromatic heterocycles. The fraction of sp³-hybridized carbons (Fsp3) is 0.143. The van der Waals surface area contributed by atoms with Crippen LogP contribution >= 0.6 is 0 Å². The molecule has 2 heterocycles. The van der Waals surface area contributed by atoms with Crippen molar-refractivity contribution in [2.24, 2.45) is 4.99 Å². The predicted octanol–water partition coefficient (Wildman–Crippen LogP) is 5.67.